The summed E-state index contributed by atoms with van der Waals surface area (Å²) in [5.41, 5.74) is 0. The van der Waals surface area contributed by atoms with Crippen LogP contribution in [0.1, 0.15) is 296 Å². The van der Waals surface area contributed by atoms with Crippen molar-refractivity contribution in [2.45, 2.75) is 309 Å². The number of amides is 1. The highest BCUT2D eigenvalue weighted by atomic mass is 31.2. The molecule has 0 spiro atoms. The molecule has 0 aliphatic heterocycles. The molecule has 0 aliphatic rings. The lowest BCUT2D eigenvalue weighted by Crippen LogP contribution is -2.46. The number of hydrogen-bond acceptors (Lipinski definition) is 5. The summed E-state index contributed by atoms with van der Waals surface area (Å²) in [4.78, 5) is 23.3. The van der Waals surface area contributed by atoms with Crippen LogP contribution >= 0.6 is 7.82 Å². The summed E-state index contributed by atoms with van der Waals surface area (Å²) < 4.78 is 23.8. The van der Waals surface area contributed by atoms with E-state index in [0.717, 1.165) is 38.5 Å². The molecule has 0 bridgehead atoms. The van der Waals surface area contributed by atoms with Gasteiger partial charge in [-0.05, 0) is 38.5 Å². The maximum Gasteiger partial charge on any atom is 0.472 e. The fraction of sp³-hybridized carbons (Fsp3) is 0.947. The molecule has 394 valence electrons. The van der Waals surface area contributed by atoms with E-state index in [4.69, 9.17) is 9.05 Å². The van der Waals surface area contributed by atoms with Gasteiger partial charge in [0.15, 0.2) is 0 Å². The van der Waals surface area contributed by atoms with Crippen molar-refractivity contribution in [1.29, 1.82) is 0 Å². The molecule has 0 aliphatic carbocycles. The van der Waals surface area contributed by atoms with E-state index in [-0.39, 0.29) is 19.1 Å². The number of carbonyl (C=O) groups excluding carboxylic acids is 1. The number of aliphatic hydroxyl groups is 1. The number of aliphatic hydroxyl groups excluding tert-OH is 1. The summed E-state index contributed by atoms with van der Waals surface area (Å²) in [5, 5.41) is 14.1. The molecule has 9 heteroatoms. The van der Waals surface area contributed by atoms with Crippen LogP contribution in [-0.2, 0) is 18.4 Å². The Labute approximate surface area is 412 Å². The number of carbonyl (C=O) groups is 1. The lowest BCUT2D eigenvalue weighted by atomic mass is 10.0. The zero-order valence-electron chi connectivity index (χ0n) is 45.0. The Morgan fingerprint density at radius 1 is 0.500 bits per heavy atom. The summed E-state index contributed by atoms with van der Waals surface area (Å²) in [5.74, 6) is -0.142. The first-order chi connectivity index (χ1) is 32.0. The normalized spacial score (nSPS) is 14.0. The smallest absolute Gasteiger partial charge is 0.391 e. The number of unbranched alkanes of at least 4 members (excludes halogenated alkanes) is 39. The number of likely N-dealkylation sites (N-methyl/N-ethyl adjacent to an activating group) is 1. The molecule has 0 saturated heterocycles. The minimum atomic E-state index is -4.32. The fourth-order valence-corrected chi connectivity index (χ4v) is 9.66. The van der Waals surface area contributed by atoms with Gasteiger partial charge in [-0.3, -0.25) is 13.8 Å². The van der Waals surface area contributed by atoms with E-state index in [1.807, 2.05) is 21.1 Å². The SMILES string of the molecule is CCCCCCCCCCCCCC/C=C\CCCCCCCCCCC(=O)NC(COP(=O)(O)OCC[N+](C)(C)C)C(O)CCCCCCCCCCCCCCCCCCCCCC. The number of quaternary nitrogens is 1. The molecule has 3 unspecified atom stereocenters. The quantitative estimate of drug-likeness (QED) is 0.0243. The number of nitrogens with one attached hydrogen (secondary N) is 1. The van der Waals surface area contributed by atoms with E-state index < -0.39 is 20.0 Å². The van der Waals surface area contributed by atoms with Crippen LogP contribution in [0, 0.1) is 0 Å². The minimum absolute atomic E-state index is 0.0766. The van der Waals surface area contributed by atoms with Crippen LogP contribution in [0.3, 0.4) is 0 Å². The number of nitrogens with zero attached hydrogens (tertiary/aromatic N) is 1. The van der Waals surface area contributed by atoms with Crippen LogP contribution in [0.2, 0.25) is 0 Å². The van der Waals surface area contributed by atoms with Crippen molar-refractivity contribution < 1.29 is 32.9 Å². The molecule has 3 N–H and O–H groups in total. The van der Waals surface area contributed by atoms with E-state index in [9.17, 15) is 19.4 Å². The largest absolute Gasteiger partial charge is 0.472 e. The number of phosphoric acid groups is 1. The third-order valence-electron chi connectivity index (χ3n) is 13.5. The van der Waals surface area contributed by atoms with Crippen LogP contribution in [0.4, 0.5) is 0 Å². The number of allylic oxidation sites excluding steroid dienone is 2. The highest BCUT2D eigenvalue weighted by Crippen LogP contribution is 2.43. The van der Waals surface area contributed by atoms with Crippen molar-refractivity contribution >= 4 is 13.7 Å². The first-order valence-electron chi connectivity index (χ1n) is 29.1. The molecule has 3 atom stereocenters. The third kappa shape index (κ3) is 51.1. The van der Waals surface area contributed by atoms with E-state index >= 15 is 0 Å². The molecule has 8 nitrogen and oxygen atoms in total. The molecule has 66 heavy (non-hydrogen) atoms. The molecule has 0 aromatic rings. The summed E-state index contributed by atoms with van der Waals surface area (Å²) in [6.45, 7) is 4.94. The van der Waals surface area contributed by atoms with Gasteiger partial charge in [-0.2, -0.15) is 0 Å². The Bertz CT molecular complexity index is 1080. The molecule has 1 amide bonds. The highest BCUT2D eigenvalue weighted by molar-refractivity contribution is 7.47. The van der Waals surface area contributed by atoms with Crippen molar-refractivity contribution in [3.05, 3.63) is 12.2 Å². The van der Waals surface area contributed by atoms with Crippen LogP contribution in [0.15, 0.2) is 12.2 Å². The number of rotatable bonds is 54. The molecule has 0 saturated carbocycles. The standard InChI is InChI=1S/C57H115N2O6P/c1-6-8-10-12-14-16-18-20-22-24-26-28-29-30-31-33-35-37-39-41-43-45-47-49-51-57(61)58-55(54-65-66(62,63)64-53-52-59(3,4)5)56(60)50-48-46-44-42-40-38-36-34-32-27-25-23-21-19-17-15-13-11-9-7-2/h30-31,55-56,60H,6-29,32-54H2,1-5H3,(H-,58,61,62,63)/p+1/b31-30-. The average molecular weight is 957 g/mol. The van der Waals surface area contributed by atoms with Gasteiger partial charge in [0.05, 0.1) is 39.9 Å². The molecule has 0 radical (unpaired) electrons. The molecular weight excluding hydrogens is 840 g/mol. The second-order valence-corrected chi connectivity index (χ2v) is 22.8. The summed E-state index contributed by atoms with van der Waals surface area (Å²) in [6.07, 6.45) is 59.8. The molecule has 0 heterocycles. The Kier molecular flexibility index (Phi) is 48.7. The van der Waals surface area contributed by atoms with Gasteiger partial charge in [0, 0.05) is 6.42 Å². The summed E-state index contributed by atoms with van der Waals surface area (Å²) >= 11 is 0. The monoisotopic (exact) mass is 956 g/mol. The van der Waals surface area contributed by atoms with Crippen LogP contribution < -0.4 is 5.32 Å². The maximum atomic E-state index is 13.0. The minimum Gasteiger partial charge on any atom is -0.391 e. The Hall–Kier alpha value is -0.760. The van der Waals surface area contributed by atoms with Crippen LogP contribution in [0.25, 0.3) is 0 Å². The van der Waals surface area contributed by atoms with Crippen molar-refractivity contribution in [2.24, 2.45) is 0 Å². The van der Waals surface area contributed by atoms with Crippen molar-refractivity contribution in [1.82, 2.24) is 5.32 Å². The Morgan fingerprint density at radius 2 is 0.818 bits per heavy atom. The van der Waals surface area contributed by atoms with Gasteiger partial charge >= 0.3 is 7.82 Å². The van der Waals surface area contributed by atoms with Gasteiger partial charge in [-0.25, -0.2) is 4.57 Å². The molecular formula is C57H116N2O6P+. The molecule has 0 rings (SSSR count). The lowest BCUT2D eigenvalue weighted by Gasteiger charge is -2.26. The zero-order chi connectivity index (χ0) is 48.5. The van der Waals surface area contributed by atoms with Gasteiger partial charge < -0.3 is 19.8 Å². The van der Waals surface area contributed by atoms with Crippen LogP contribution in [0.5, 0.6) is 0 Å². The number of phosphoric ester groups is 1. The van der Waals surface area contributed by atoms with Crippen molar-refractivity contribution in [2.75, 3.05) is 40.9 Å². The first-order valence-corrected chi connectivity index (χ1v) is 30.5. The highest BCUT2D eigenvalue weighted by Gasteiger charge is 2.28. The Morgan fingerprint density at radius 3 is 1.17 bits per heavy atom. The first kappa shape index (κ1) is 65.2. The third-order valence-corrected chi connectivity index (χ3v) is 14.5. The summed E-state index contributed by atoms with van der Waals surface area (Å²) in [7, 11) is 1.63. The van der Waals surface area contributed by atoms with Crippen LogP contribution in [-0.4, -0.2) is 73.4 Å². The van der Waals surface area contributed by atoms with Crippen molar-refractivity contribution in [3.63, 3.8) is 0 Å². The molecule has 0 fully saturated rings. The van der Waals surface area contributed by atoms with Gasteiger partial charge in [0.1, 0.15) is 13.2 Å². The van der Waals surface area contributed by atoms with E-state index in [1.54, 1.807) is 0 Å². The van der Waals surface area contributed by atoms with E-state index in [0.29, 0.717) is 23.9 Å². The predicted octanol–water partition coefficient (Wildman–Crippen LogP) is 17.4. The predicted molar refractivity (Wildman–Crippen MR) is 286 cm³/mol. The van der Waals surface area contributed by atoms with Gasteiger partial charge in [-0.15, -0.1) is 0 Å². The second-order valence-electron chi connectivity index (χ2n) is 21.4. The lowest BCUT2D eigenvalue weighted by molar-refractivity contribution is -0.870. The maximum absolute atomic E-state index is 13.0. The van der Waals surface area contributed by atoms with E-state index in [1.165, 1.54) is 231 Å². The molecule has 0 aromatic heterocycles. The van der Waals surface area contributed by atoms with Gasteiger partial charge in [0.2, 0.25) is 5.91 Å². The topological polar surface area (TPSA) is 105 Å². The van der Waals surface area contributed by atoms with Crippen molar-refractivity contribution in [3.8, 4) is 0 Å². The molecule has 0 aromatic carbocycles. The average Bonchev–Trinajstić information content (AvgIpc) is 3.28. The Balaban J connectivity index is 4.15. The fourth-order valence-electron chi connectivity index (χ4n) is 8.93. The van der Waals surface area contributed by atoms with E-state index in [2.05, 4.69) is 31.3 Å². The second kappa shape index (κ2) is 49.2. The number of hydrogen-bond donors (Lipinski definition) is 3. The zero-order valence-corrected chi connectivity index (χ0v) is 45.9. The summed E-state index contributed by atoms with van der Waals surface area (Å²) in [6, 6.07) is -0.760. The van der Waals surface area contributed by atoms with Gasteiger partial charge in [0.25, 0.3) is 0 Å². The van der Waals surface area contributed by atoms with Gasteiger partial charge in [-0.1, -0.05) is 264 Å².